The van der Waals surface area contributed by atoms with Gasteiger partial charge in [-0.15, -0.1) is 0 Å². The molecule has 0 aromatic rings. The second kappa shape index (κ2) is 5.30. The lowest BCUT2D eigenvalue weighted by atomic mass is 9.65. The van der Waals surface area contributed by atoms with Crippen LogP contribution in [0.1, 0.15) is 82.1 Å². The highest BCUT2D eigenvalue weighted by Crippen LogP contribution is 2.45. The first kappa shape index (κ1) is 18.0. The van der Waals surface area contributed by atoms with Crippen molar-refractivity contribution in [3.05, 3.63) is 0 Å². The Balaban J connectivity index is 2.57. The van der Waals surface area contributed by atoms with Gasteiger partial charge in [-0.05, 0) is 48.9 Å². The fourth-order valence-corrected chi connectivity index (χ4v) is 4.39. The van der Waals surface area contributed by atoms with Gasteiger partial charge in [-0.25, -0.2) is 0 Å². The minimum Gasteiger partial charge on any atom is -0.298 e. The summed E-state index contributed by atoms with van der Waals surface area (Å²) >= 11 is 0. The lowest BCUT2D eigenvalue weighted by molar-refractivity contribution is -0.0703. The van der Waals surface area contributed by atoms with Crippen molar-refractivity contribution >= 4 is 0 Å². The minimum atomic E-state index is 0.340. The summed E-state index contributed by atoms with van der Waals surface area (Å²) in [5, 5.41) is 0. The highest BCUT2D eigenvalue weighted by Gasteiger charge is 2.45. The smallest absolute Gasteiger partial charge is 0.0158 e. The van der Waals surface area contributed by atoms with Crippen LogP contribution in [0.2, 0.25) is 0 Å². The van der Waals surface area contributed by atoms with Crippen LogP contribution in [0.3, 0.4) is 0 Å². The maximum absolute atomic E-state index is 2.70. The van der Waals surface area contributed by atoms with E-state index >= 15 is 0 Å². The van der Waals surface area contributed by atoms with Crippen molar-refractivity contribution in [2.45, 2.75) is 87.6 Å². The fourth-order valence-electron chi connectivity index (χ4n) is 4.39. The van der Waals surface area contributed by atoms with Crippen molar-refractivity contribution in [2.24, 2.45) is 22.2 Å². The summed E-state index contributed by atoms with van der Waals surface area (Å²) in [4.78, 5) is 2.70. The molecule has 0 N–H and O–H groups in total. The van der Waals surface area contributed by atoms with E-state index in [-0.39, 0.29) is 0 Å². The van der Waals surface area contributed by atoms with Crippen LogP contribution >= 0.6 is 0 Å². The Morgan fingerprint density at radius 1 is 0.700 bits per heavy atom. The summed E-state index contributed by atoms with van der Waals surface area (Å²) in [5.41, 5.74) is 1.65. The molecule has 0 aromatic heterocycles. The maximum atomic E-state index is 2.70. The van der Waals surface area contributed by atoms with E-state index in [9.17, 15) is 0 Å². The Labute approximate surface area is 128 Å². The second-order valence-electron chi connectivity index (χ2n) is 10.9. The summed E-state index contributed by atoms with van der Waals surface area (Å²) in [6.07, 6.45) is 2.59. The van der Waals surface area contributed by atoms with E-state index in [2.05, 4.69) is 74.1 Å². The van der Waals surface area contributed by atoms with Crippen LogP contribution in [-0.4, -0.2) is 23.5 Å². The highest BCUT2D eigenvalue weighted by atomic mass is 15.2. The van der Waals surface area contributed by atoms with Gasteiger partial charge in [0.1, 0.15) is 0 Å². The molecule has 1 nitrogen and oxygen atoms in total. The molecular weight excluding hydrogens is 242 g/mol. The summed E-state index contributed by atoms with van der Waals surface area (Å²) in [6.45, 7) is 26.5. The third-order valence-electron chi connectivity index (χ3n) is 4.79. The number of likely N-dealkylation sites (tertiary alicyclic amines) is 1. The molecule has 1 saturated heterocycles. The van der Waals surface area contributed by atoms with Gasteiger partial charge in [0.15, 0.2) is 0 Å². The average Bonchev–Trinajstić information content (AvgIpc) is 1.85. The standard InChI is InChI=1S/C19H39N/c1-16(2,3)13-18(7,8)15-11-20(12-15)19(9,10)14-17(4,5)6/h15H,11-14H2,1-10H3. The zero-order valence-electron chi connectivity index (χ0n) is 15.9. The third-order valence-corrected chi connectivity index (χ3v) is 4.79. The Kier molecular flexibility index (Phi) is 4.78. The van der Waals surface area contributed by atoms with Gasteiger partial charge in [0.05, 0.1) is 0 Å². The van der Waals surface area contributed by atoms with Crippen LogP contribution < -0.4 is 0 Å². The molecule has 20 heavy (non-hydrogen) atoms. The molecule has 120 valence electrons. The van der Waals surface area contributed by atoms with Crippen molar-refractivity contribution < 1.29 is 0 Å². The Bertz CT molecular complexity index is 287. The Morgan fingerprint density at radius 2 is 1.10 bits per heavy atom. The van der Waals surface area contributed by atoms with Gasteiger partial charge in [0.25, 0.3) is 0 Å². The molecule has 0 radical (unpaired) electrons. The SMILES string of the molecule is CC(C)(C)CC(C)(C)C1CN(C(C)(C)CC(C)(C)C)C1. The van der Waals surface area contributed by atoms with Crippen molar-refractivity contribution in [3.8, 4) is 0 Å². The molecule has 0 atom stereocenters. The molecule has 0 spiro atoms. The predicted octanol–water partition coefficient (Wildman–Crippen LogP) is 5.60. The highest BCUT2D eigenvalue weighted by molar-refractivity contribution is 4.98. The van der Waals surface area contributed by atoms with E-state index in [1.165, 1.54) is 25.9 Å². The molecule has 1 aliphatic heterocycles. The molecule has 0 unspecified atom stereocenters. The lowest BCUT2D eigenvalue weighted by Crippen LogP contribution is -2.61. The van der Waals surface area contributed by atoms with Crippen LogP contribution in [0.25, 0.3) is 0 Å². The van der Waals surface area contributed by atoms with E-state index in [0.717, 1.165) is 5.92 Å². The fraction of sp³-hybridized carbons (Fsp3) is 1.00. The number of hydrogen-bond donors (Lipinski definition) is 0. The van der Waals surface area contributed by atoms with Gasteiger partial charge < -0.3 is 0 Å². The average molecular weight is 282 g/mol. The molecule has 1 heterocycles. The molecule has 0 bridgehead atoms. The van der Waals surface area contributed by atoms with Crippen molar-refractivity contribution in [1.29, 1.82) is 0 Å². The first-order valence-corrected chi connectivity index (χ1v) is 8.38. The minimum absolute atomic E-state index is 0.340. The zero-order chi connectivity index (χ0) is 16.0. The van der Waals surface area contributed by atoms with Gasteiger partial charge in [0.2, 0.25) is 0 Å². The van der Waals surface area contributed by atoms with E-state index in [4.69, 9.17) is 0 Å². The topological polar surface area (TPSA) is 3.24 Å². The molecule has 0 amide bonds. The van der Waals surface area contributed by atoms with E-state index < -0.39 is 0 Å². The van der Waals surface area contributed by atoms with Crippen LogP contribution in [0.15, 0.2) is 0 Å². The van der Waals surface area contributed by atoms with Gasteiger partial charge >= 0.3 is 0 Å². The molecular formula is C19H39N. The predicted molar refractivity (Wildman–Crippen MR) is 91.1 cm³/mol. The molecule has 1 rings (SSSR count). The van der Waals surface area contributed by atoms with Gasteiger partial charge in [-0.1, -0.05) is 55.4 Å². The van der Waals surface area contributed by atoms with E-state index in [0.29, 0.717) is 21.8 Å². The molecule has 1 aliphatic rings. The molecule has 1 heteroatoms. The summed E-state index contributed by atoms with van der Waals surface area (Å²) in [6, 6.07) is 0. The lowest BCUT2D eigenvalue weighted by Gasteiger charge is -2.56. The first-order valence-electron chi connectivity index (χ1n) is 8.38. The quantitative estimate of drug-likeness (QED) is 0.648. The van der Waals surface area contributed by atoms with Gasteiger partial charge in [-0.3, -0.25) is 4.90 Å². The molecule has 1 fully saturated rings. The van der Waals surface area contributed by atoms with Crippen LogP contribution in [-0.2, 0) is 0 Å². The molecule has 0 saturated carbocycles. The molecule has 0 aromatic carbocycles. The van der Waals surface area contributed by atoms with Crippen molar-refractivity contribution in [2.75, 3.05) is 13.1 Å². The summed E-state index contributed by atoms with van der Waals surface area (Å²) < 4.78 is 0. The van der Waals surface area contributed by atoms with Crippen molar-refractivity contribution in [1.82, 2.24) is 4.90 Å². The van der Waals surface area contributed by atoms with Crippen LogP contribution in [0.4, 0.5) is 0 Å². The normalized spacial score (nSPS) is 20.1. The van der Waals surface area contributed by atoms with Crippen LogP contribution in [0, 0.1) is 22.2 Å². The summed E-state index contributed by atoms with van der Waals surface area (Å²) in [5.74, 6) is 0.862. The Morgan fingerprint density at radius 3 is 1.45 bits per heavy atom. The zero-order valence-corrected chi connectivity index (χ0v) is 15.9. The number of nitrogens with zero attached hydrogens (tertiary/aromatic N) is 1. The van der Waals surface area contributed by atoms with Gasteiger partial charge in [0, 0.05) is 18.6 Å². The van der Waals surface area contributed by atoms with Crippen LogP contribution in [0.5, 0.6) is 0 Å². The number of hydrogen-bond acceptors (Lipinski definition) is 1. The monoisotopic (exact) mass is 281 g/mol. The Hall–Kier alpha value is -0.0400. The largest absolute Gasteiger partial charge is 0.298 e. The maximum Gasteiger partial charge on any atom is 0.0158 e. The molecule has 0 aliphatic carbocycles. The third kappa shape index (κ3) is 5.06. The first-order chi connectivity index (χ1) is 8.62. The second-order valence-corrected chi connectivity index (χ2v) is 10.9. The number of rotatable bonds is 4. The summed E-state index contributed by atoms with van der Waals surface area (Å²) in [7, 11) is 0. The van der Waals surface area contributed by atoms with Gasteiger partial charge in [-0.2, -0.15) is 0 Å². The van der Waals surface area contributed by atoms with Crippen molar-refractivity contribution in [3.63, 3.8) is 0 Å². The van der Waals surface area contributed by atoms with E-state index in [1.807, 2.05) is 0 Å². The van der Waals surface area contributed by atoms with E-state index in [1.54, 1.807) is 0 Å².